The number of aromatic nitrogens is 3. The molecule has 1 unspecified atom stereocenters. The minimum Gasteiger partial charge on any atom is -0.351 e. The Morgan fingerprint density at radius 1 is 1.33 bits per heavy atom. The topological polar surface area (TPSA) is 71.0 Å². The van der Waals surface area contributed by atoms with Crippen molar-refractivity contribution in [3.63, 3.8) is 0 Å². The second-order valence-corrected chi connectivity index (χ2v) is 7.33. The Kier molecular flexibility index (Phi) is 5.52. The summed E-state index contributed by atoms with van der Waals surface area (Å²) in [7, 11) is 0. The molecule has 0 bridgehead atoms. The highest BCUT2D eigenvalue weighted by Gasteiger charge is 2.19. The zero-order chi connectivity index (χ0) is 16.9. The van der Waals surface area contributed by atoms with Crippen LogP contribution in [0.3, 0.4) is 0 Å². The average Bonchev–Trinajstić information content (AvgIpc) is 3.23. The summed E-state index contributed by atoms with van der Waals surface area (Å²) in [5, 5.41) is 3.73. The van der Waals surface area contributed by atoms with Crippen LogP contribution in [0.1, 0.15) is 35.1 Å². The lowest BCUT2D eigenvalue weighted by atomic mass is 10.1. The van der Waals surface area contributed by atoms with E-state index in [1.165, 1.54) is 37.3 Å². The molecular formula is C17H23N5OS. The maximum Gasteiger partial charge on any atom is 0.263 e. The molecular weight excluding hydrogens is 322 g/mol. The van der Waals surface area contributed by atoms with Crippen molar-refractivity contribution < 1.29 is 4.79 Å². The molecule has 7 heteroatoms. The van der Waals surface area contributed by atoms with Crippen LogP contribution in [0.15, 0.2) is 18.5 Å². The minimum absolute atomic E-state index is 0.0551. The smallest absolute Gasteiger partial charge is 0.263 e. The van der Waals surface area contributed by atoms with Crippen molar-refractivity contribution in [2.24, 2.45) is 5.92 Å². The van der Waals surface area contributed by atoms with Gasteiger partial charge < -0.3 is 10.2 Å². The number of hydrogen-bond donors (Lipinski definition) is 1. The van der Waals surface area contributed by atoms with Gasteiger partial charge in [0.2, 0.25) is 0 Å². The van der Waals surface area contributed by atoms with Gasteiger partial charge in [-0.2, -0.15) is 0 Å². The first kappa shape index (κ1) is 17.0. The largest absolute Gasteiger partial charge is 0.351 e. The van der Waals surface area contributed by atoms with E-state index in [-0.39, 0.29) is 5.91 Å². The van der Waals surface area contributed by atoms with Crippen molar-refractivity contribution in [1.82, 2.24) is 25.2 Å². The van der Waals surface area contributed by atoms with Gasteiger partial charge in [-0.05, 0) is 44.8 Å². The van der Waals surface area contributed by atoms with E-state index in [2.05, 4.69) is 32.1 Å². The lowest BCUT2D eigenvalue weighted by Crippen LogP contribution is -2.34. The van der Waals surface area contributed by atoms with Gasteiger partial charge in [-0.15, -0.1) is 11.3 Å². The Morgan fingerprint density at radius 2 is 2.04 bits per heavy atom. The standard InChI is InChI=1S/C17H23N5OS/c1-12(11-22-8-3-4-9-22)10-20-16(23)14-13(2)21-17(24-14)15-18-6-5-7-19-15/h5-7,12H,3-4,8-11H2,1-2H3,(H,20,23). The third-order valence-electron chi connectivity index (χ3n) is 4.14. The Morgan fingerprint density at radius 3 is 2.75 bits per heavy atom. The fourth-order valence-electron chi connectivity index (χ4n) is 2.93. The molecule has 2 aromatic heterocycles. The number of carbonyl (C=O) groups is 1. The van der Waals surface area contributed by atoms with Gasteiger partial charge in [-0.25, -0.2) is 15.0 Å². The second kappa shape index (κ2) is 7.81. The van der Waals surface area contributed by atoms with E-state index in [0.29, 0.717) is 28.2 Å². The molecule has 0 radical (unpaired) electrons. The number of rotatable bonds is 6. The van der Waals surface area contributed by atoms with Gasteiger partial charge >= 0.3 is 0 Å². The van der Waals surface area contributed by atoms with Gasteiger partial charge in [0.05, 0.1) is 5.69 Å². The summed E-state index contributed by atoms with van der Waals surface area (Å²) in [5.74, 6) is 0.949. The van der Waals surface area contributed by atoms with Crippen LogP contribution >= 0.6 is 11.3 Å². The third kappa shape index (κ3) is 4.15. The average molecular weight is 345 g/mol. The van der Waals surface area contributed by atoms with E-state index in [4.69, 9.17) is 0 Å². The first-order chi connectivity index (χ1) is 11.6. The zero-order valence-corrected chi connectivity index (χ0v) is 15.0. The summed E-state index contributed by atoms with van der Waals surface area (Å²) in [6, 6.07) is 1.76. The van der Waals surface area contributed by atoms with Crippen molar-refractivity contribution in [2.75, 3.05) is 26.2 Å². The van der Waals surface area contributed by atoms with Crippen molar-refractivity contribution in [1.29, 1.82) is 0 Å². The molecule has 0 aliphatic carbocycles. The van der Waals surface area contributed by atoms with Crippen LogP contribution in [0.5, 0.6) is 0 Å². The Balaban J connectivity index is 1.58. The van der Waals surface area contributed by atoms with E-state index in [9.17, 15) is 4.79 Å². The second-order valence-electron chi connectivity index (χ2n) is 6.33. The molecule has 0 aromatic carbocycles. The molecule has 2 aromatic rings. The quantitative estimate of drug-likeness (QED) is 0.870. The molecule has 1 aliphatic heterocycles. The number of likely N-dealkylation sites (tertiary alicyclic amines) is 1. The molecule has 1 amide bonds. The summed E-state index contributed by atoms with van der Waals surface area (Å²) in [5.41, 5.74) is 0.729. The number of thiazole rings is 1. The monoisotopic (exact) mass is 345 g/mol. The normalized spacial score (nSPS) is 16.2. The van der Waals surface area contributed by atoms with E-state index >= 15 is 0 Å². The lowest BCUT2D eigenvalue weighted by molar-refractivity contribution is 0.0948. The maximum atomic E-state index is 12.5. The van der Waals surface area contributed by atoms with Crippen molar-refractivity contribution in [2.45, 2.75) is 26.7 Å². The number of nitrogens with zero attached hydrogens (tertiary/aromatic N) is 4. The van der Waals surface area contributed by atoms with Crippen molar-refractivity contribution in [3.05, 3.63) is 29.0 Å². The van der Waals surface area contributed by atoms with E-state index in [1.54, 1.807) is 18.5 Å². The van der Waals surface area contributed by atoms with Crippen LogP contribution in [0.2, 0.25) is 0 Å². The molecule has 1 atom stereocenters. The molecule has 3 heterocycles. The molecule has 128 valence electrons. The van der Waals surface area contributed by atoms with Gasteiger partial charge in [-0.3, -0.25) is 4.79 Å². The van der Waals surface area contributed by atoms with Crippen molar-refractivity contribution in [3.8, 4) is 10.8 Å². The van der Waals surface area contributed by atoms with Gasteiger partial charge in [0.1, 0.15) is 4.88 Å². The van der Waals surface area contributed by atoms with Crippen LogP contribution in [0, 0.1) is 12.8 Å². The summed E-state index contributed by atoms with van der Waals surface area (Å²) in [6.45, 7) is 8.14. The zero-order valence-electron chi connectivity index (χ0n) is 14.2. The number of hydrogen-bond acceptors (Lipinski definition) is 6. The summed E-state index contributed by atoms with van der Waals surface area (Å²) < 4.78 is 0. The summed E-state index contributed by atoms with van der Waals surface area (Å²) in [4.78, 5) is 28.4. The van der Waals surface area contributed by atoms with Crippen LogP contribution in [-0.4, -0.2) is 51.9 Å². The lowest BCUT2D eigenvalue weighted by Gasteiger charge is -2.20. The molecule has 6 nitrogen and oxygen atoms in total. The molecule has 0 saturated carbocycles. The highest BCUT2D eigenvalue weighted by molar-refractivity contribution is 7.17. The fourth-order valence-corrected chi connectivity index (χ4v) is 3.86. The SMILES string of the molecule is Cc1nc(-c2ncccn2)sc1C(=O)NCC(C)CN1CCCC1. The first-order valence-electron chi connectivity index (χ1n) is 8.39. The molecule has 1 aliphatic rings. The summed E-state index contributed by atoms with van der Waals surface area (Å²) in [6.07, 6.45) is 5.95. The minimum atomic E-state index is -0.0551. The van der Waals surface area contributed by atoms with Crippen LogP contribution in [-0.2, 0) is 0 Å². The maximum absolute atomic E-state index is 12.5. The molecule has 1 N–H and O–H groups in total. The highest BCUT2D eigenvalue weighted by Crippen LogP contribution is 2.25. The van der Waals surface area contributed by atoms with E-state index in [1.807, 2.05) is 6.92 Å². The third-order valence-corrected chi connectivity index (χ3v) is 5.29. The number of nitrogens with one attached hydrogen (secondary N) is 1. The number of amides is 1. The molecule has 1 fully saturated rings. The Labute approximate surface area is 146 Å². The van der Waals surface area contributed by atoms with Gasteiger partial charge in [0.25, 0.3) is 5.91 Å². The van der Waals surface area contributed by atoms with Gasteiger partial charge in [0.15, 0.2) is 10.8 Å². The van der Waals surface area contributed by atoms with Gasteiger partial charge in [0, 0.05) is 25.5 Å². The molecule has 1 saturated heterocycles. The van der Waals surface area contributed by atoms with Crippen LogP contribution in [0.4, 0.5) is 0 Å². The predicted octanol–water partition coefficient (Wildman–Crippen LogP) is 2.37. The first-order valence-corrected chi connectivity index (χ1v) is 9.20. The fraction of sp³-hybridized carbons (Fsp3) is 0.529. The highest BCUT2D eigenvalue weighted by atomic mass is 32.1. The Bertz CT molecular complexity index is 682. The number of aryl methyl sites for hydroxylation is 1. The van der Waals surface area contributed by atoms with E-state index in [0.717, 1.165) is 12.2 Å². The predicted molar refractivity (Wildman–Crippen MR) is 95.0 cm³/mol. The molecule has 24 heavy (non-hydrogen) atoms. The van der Waals surface area contributed by atoms with Gasteiger partial charge in [-0.1, -0.05) is 6.92 Å². The van der Waals surface area contributed by atoms with Crippen LogP contribution < -0.4 is 5.32 Å². The number of carbonyl (C=O) groups excluding carboxylic acids is 1. The van der Waals surface area contributed by atoms with Crippen molar-refractivity contribution >= 4 is 17.2 Å². The van der Waals surface area contributed by atoms with Crippen LogP contribution in [0.25, 0.3) is 10.8 Å². The van der Waals surface area contributed by atoms with E-state index < -0.39 is 0 Å². The molecule has 3 rings (SSSR count). The molecule has 0 spiro atoms. The Hall–Kier alpha value is -1.86. The summed E-state index contributed by atoms with van der Waals surface area (Å²) >= 11 is 1.35.